The smallest absolute Gasteiger partial charge is 0.167 e. The molecular weight excluding hydrogens is 226 g/mol. The van der Waals surface area contributed by atoms with Crippen molar-refractivity contribution in [2.45, 2.75) is 32.6 Å². The molecule has 0 aliphatic rings. The normalized spacial score (nSPS) is 11.4. The van der Waals surface area contributed by atoms with Crippen LogP contribution in [0.1, 0.15) is 43.1 Å². The van der Waals surface area contributed by atoms with Gasteiger partial charge in [-0.3, -0.25) is 4.79 Å². The maximum Gasteiger partial charge on any atom is 0.167 e. The third-order valence-electron chi connectivity index (χ3n) is 2.97. The molecule has 18 heavy (non-hydrogen) atoms. The van der Waals surface area contributed by atoms with Crippen molar-refractivity contribution in [3.05, 3.63) is 29.3 Å². The molecule has 0 unspecified atom stereocenters. The average molecular weight is 249 g/mol. The topological polar surface area (TPSA) is 38.3 Å². The summed E-state index contributed by atoms with van der Waals surface area (Å²) in [5.41, 5.74) is 1.86. The van der Waals surface area contributed by atoms with E-state index in [1.807, 2.05) is 25.2 Å². The number of methoxy groups -OCH3 is 1. The number of Topliss-reactive ketones (excluding diaryl/α,β-unsaturated/α-hetero) is 1. The van der Waals surface area contributed by atoms with Crippen LogP contribution in [0.15, 0.2) is 18.2 Å². The molecule has 0 aliphatic heterocycles. The fourth-order valence-electron chi connectivity index (χ4n) is 1.77. The summed E-state index contributed by atoms with van der Waals surface area (Å²) in [6.07, 6.45) is 0.487. The Morgan fingerprint density at radius 3 is 2.50 bits per heavy atom. The van der Waals surface area contributed by atoms with Crippen molar-refractivity contribution in [2.75, 3.05) is 20.7 Å². The van der Waals surface area contributed by atoms with E-state index in [2.05, 4.69) is 26.1 Å². The Kier molecular flexibility index (Phi) is 4.91. The number of rotatable bonds is 5. The van der Waals surface area contributed by atoms with Crippen molar-refractivity contribution < 1.29 is 9.53 Å². The molecule has 0 heterocycles. The summed E-state index contributed by atoms with van der Waals surface area (Å²) in [5.74, 6) is 0.774. The lowest BCUT2D eigenvalue weighted by molar-refractivity contribution is 0.0980. The first-order valence-electron chi connectivity index (χ1n) is 6.26. The predicted octanol–water partition coefficient (Wildman–Crippen LogP) is 2.78. The summed E-state index contributed by atoms with van der Waals surface area (Å²) >= 11 is 0. The third kappa shape index (κ3) is 3.57. The van der Waals surface area contributed by atoms with E-state index in [9.17, 15) is 4.79 Å². The minimum absolute atomic E-state index is 0.0321. The van der Waals surface area contributed by atoms with Gasteiger partial charge in [-0.15, -0.1) is 0 Å². The number of ether oxygens (including phenoxy) is 1. The van der Waals surface area contributed by atoms with E-state index in [0.717, 1.165) is 5.56 Å². The van der Waals surface area contributed by atoms with Gasteiger partial charge in [0.15, 0.2) is 5.78 Å². The fourth-order valence-corrected chi connectivity index (χ4v) is 1.77. The monoisotopic (exact) mass is 249 g/mol. The summed E-state index contributed by atoms with van der Waals surface area (Å²) in [5, 5.41) is 2.99. The number of nitrogens with one attached hydrogen (secondary N) is 1. The van der Waals surface area contributed by atoms with Crippen molar-refractivity contribution in [3.8, 4) is 5.75 Å². The third-order valence-corrected chi connectivity index (χ3v) is 2.97. The van der Waals surface area contributed by atoms with Gasteiger partial charge in [0, 0.05) is 13.0 Å². The Labute approximate surface area is 110 Å². The average Bonchev–Trinajstić information content (AvgIpc) is 2.34. The van der Waals surface area contributed by atoms with Crippen LogP contribution >= 0.6 is 0 Å². The minimum Gasteiger partial charge on any atom is -0.496 e. The molecule has 0 saturated carbocycles. The van der Waals surface area contributed by atoms with Crippen LogP contribution in [0.5, 0.6) is 5.75 Å². The second-order valence-corrected chi connectivity index (χ2v) is 5.44. The first-order valence-corrected chi connectivity index (χ1v) is 6.26. The minimum atomic E-state index is 0.0321. The first kappa shape index (κ1) is 14.7. The Hall–Kier alpha value is -1.35. The number of hydrogen-bond donors (Lipinski definition) is 1. The molecule has 1 aromatic carbocycles. The first-order chi connectivity index (χ1) is 8.40. The highest BCUT2D eigenvalue weighted by Gasteiger charge is 2.18. The highest BCUT2D eigenvalue weighted by molar-refractivity contribution is 5.99. The van der Waals surface area contributed by atoms with Crippen molar-refractivity contribution >= 4 is 5.78 Å². The van der Waals surface area contributed by atoms with Crippen LogP contribution < -0.4 is 10.1 Å². The summed E-state index contributed by atoms with van der Waals surface area (Å²) in [6, 6.07) is 5.86. The Morgan fingerprint density at radius 2 is 2.00 bits per heavy atom. The van der Waals surface area contributed by atoms with E-state index in [1.54, 1.807) is 7.11 Å². The molecule has 0 atom stereocenters. The van der Waals surface area contributed by atoms with Crippen LogP contribution in [0.25, 0.3) is 0 Å². The van der Waals surface area contributed by atoms with E-state index in [1.165, 1.54) is 0 Å². The molecule has 0 saturated heterocycles. The molecule has 1 N–H and O–H groups in total. The van der Waals surface area contributed by atoms with Gasteiger partial charge < -0.3 is 10.1 Å². The van der Waals surface area contributed by atoms with Crippen LogP contribution in [-0.2, 0) is 5.41 Å². The lowest BCUT2D eigenvalue weighted by atomic mass is 9.85. The Bertz CT molecular complexity index is 419. The maximum absolute atomic E-state index is 12.1. The van der Waals surface area contributed by atoms with Crippen molar-refractivity contribution in [3.63, 3.8) is 0 Å². The lowest BCUT2D eigenvalue weighted by Gasteiger charge is -2.20. The van der Waals surface area contributed by atoms with Gasteiger partial charge >= 0.3 is 0 Å². The number of carbonyl (C=O) groups is 1. The molecule has 0 spiro atoms. The van der Waals surface area contributed by atoms with Crippen molar-refractivity contribution in [2.24, 2.45) is 0 Å². The van der Waals surface area contributed by atoms with Gasteiger partial charge in [-0.2, -0.15) is 0 Å². The molecule has 3 nitrogen and oxygen atoms in total. The number of benzene rings is 1. The molecule has 0 amide bonds. The zero-order valence-electron chi connectivity index (χ0n) is 12.0. The summed E-state index contributed by atoms with van der Waals surface area (Å²) in [4.78, 5) is 12.1. The Balaban J connectivity index is 3.10. The van der Waals surface area contributed by atoms with Gasteiger partial charge in [0.05, 0.1) is 12.7 Å². The standard InChI is InChI=1S/C15H23NO2/c1-15(2,3)11-6-7-14(18-5)12(10-11)13(17)8-9-16-4/h6-7,10,16H,8-9H2,1-5H3. The molecule has 0 bridgehead atoms. The van der Waals surface area contributed by atoms with Crippen molar-refractivity contribution in [1.82, 2.24) is 5.32 Å². The van der Waals surface area contributed by atoms with Gasteiger partial charge in [0.1, 0.15) is 5.75 Å². The predicted molar refractivity (Wildman–Crippen MR) is 74.6 cm³/mol. The summed E-state index contributed by atoms with van der Waals surface area (Å²) in [7, 11) is 3.44. The molecule has 0 aliphatic carbocycles. The van der Waals surface area contributed by atoms with Crippen LogP contribution in [0.4, 0.5) is 0 Å². The van der Waals surface area contributed by atoms with Gasteiger partial charge in [-0.25, -0.2) is 0 Å². The maximum atomic E-state index is 12.1. The second kappa shape index (κ2) is 6.01. The van der Waals surface area contributed by atoms with E-state index >= 15 is 0 Å². The Morgan fingerprint density at radius 1 is 1.33 bits per heavy atom. The van der Waals surface area contributed by atoms with Crippen LogP contribution in [0.2, 0.25) is 0 Å². The summed E-state index contributed by atoms with van der Waals surface area (Å²) < 4.78 is 5.27. The van der Waals surface area contributed by atoms with Crippen LogP contribution in [0, 0.1) is 0 Å². The lowest BCUT2D eigenvalue weighted by Crippen LogP contribution is -2.16. The number of carbonyl (C=O) groups excluding carboxylic acids is 1. The fraction of sp³-hybridized carbons (Fsp3) is 0.533. The molecule has 3 heteroatoms. The van der Waals surface area contributed by atoms with E-state index in [0.29, 0.717) is 24.3 Å². The molecule has 0 fully saturated rings. The molecular formula is C15H23NO2. The van der Waals surface area contributed by atoms with Gasteiger partial charge in [-0.05, 0) is 30.2 Å². The highest BCUT2D eigenvalue weighted by atomic mass is 16.5. The largest absolute Gasteiger partial charge is 0.496 e. The molecule has 0 radical (unpaired) electrons. The van der Waals surface area contributed by atoms with Crippen LogP contribution in [-0.4, -0.2) is 26.5 Å². The van der Waals surface area contributed by atoms with E-state index in [-0.39, 0.29) is 11.2 Å². The molecule has 100 valence electrons. The van der Waals surface area contributed by atoms with Gasteiger partial charge in [0.2, 0.25) is 0 Å². The number of hydrogen-bond acceptors (Lipinski definition) is 3. The highest BCUT2D eigenvalue weighted by Crippen LogP contribution is 2.28. The number of ketones is 1. The van der Waals surface area contributed by atoms with Gasteiger partial charge in [-0.1, -0.05) is 26.8 Å². The summed E-state index contributed by atoms with van der Waals surface area (Å²) in [6.45, 7) is 7.09. The second-order valence-electron chi connectivity index (χ2n) is 5.44. The zero-order valence-corrected chi connectivity index (χ0v) is 12.0. The van der Waals surface area contributed by atoms with Crippen molar-refractivity contribution in [1.29, 1.82) is 0 Å². The van der Waals surface area contributed by atoms with E-state index < -0.39 is 0 Å². The van der Waals surface area contributed by atoms with E-state index in [4.69, 9.17) is 4.74 Å². The zero-order chi connectivity index (χ0) is 13.8. The van der Waals surface area contributed by atoms with Crippen LogP contribution in [0.3, 0.4) is 0 Å². The molecule has 0 aromatic heterocycles. The quantitative estimate of drug-likeness (QED) is 0.815. The SMILES string of the molecule is CNCCC(=O)c1cc(C(C)(C)C)ccc1OC. The van der Waals surface area contributed by atoms with Gasteiger partial charge in [0.25, 0.3) is 0 Å². The molecule has 1 rings (SSSR count). The molecule has 1 aromatic rings.